The molecule has 2 aliphatic carbocycles. The molecule has 1 N–H and O–H groups in total. The minimum atomic E-state index is -0.238. The summed E-state index contributed by atoms with van der Waals surface area (Å²) in [6.07, 6.45) is 8.96. The van der Waals surface area contributed by atoms with Crippen LogP contribution in [0.15, 0.2) is 55.1 Å². The first kappa shape index (κ1) is 23.2. The third-order valence-corrected chi connectivity index (χ3v) is 9.14. The van der Waals surface area contributed by atoms with Crippen molar-refractivity contribution in [2.24, 2.45) is 5.92 Å². The number of carbonyl (C=O) groups excluding carboxylic acids is 1. The fraction of sp³-hybridized carbons (Fsp3) is 0.433. The Bertz CT molecular complexity index is 1230. The minimum absolute atomic E-state index is 0.0234. The van der Waals surface area contributed by atoms with Gasteiger partial charge in [0.25, 0.3) is 0 Å². The van der Waals surface area contributed by atoms with Gasteiger partial charge >= 0.3 is 0 Å². The van der Waals surface area contributed by atoms with E-state index in [4.69, 9.17) is 9.47 Å². The Kier molecular flexibility index (Phi) is 5.60. The van der Waals surface area contributed by atoms with Crippen LogP contribution in [-0.2, 0) is 16.6 Å². The van der Waals surface area contributed by atoms with Crippen LogP contribution in [0.5, 0.6) is 17.2 Å². The summed E-state index contributed by atoms with van der Waals surface area (Å²) in [5.41, 5.74) is 2.88. The van der Waals surface area contributed by atoms with Crippen molar-refractivity contribution >= 4 is 12.0 Å². The van der Waals surface area contributed by atoms with Gasteiger partial charge < -0.3 is 19.5 Å². The molecule has 188 valence electrons. The molecule has 1 saturated carbocycles. The Morgan fingerprint density at radius 3 is 2.89 bits per heavy atom. The second-order valence-corrected chi connectivity index (χ2v) is 10.6. The zero-order valence-electron chi connectivity index (χ0n) is 21.0. The largest absolute Gasteiger partial charge is 0.508 e. The molecule has 2 aromatic rings. The molecule has 2 heterocycles. The number of hydrogen-bond donors (Lipinski definition) is 1. The molecule has 2 aromatic carbocycles. The molecule has 1 amide bonds. The summed E-state index contributed by atoms with van der Waals surface area (Å²) in [6, 6.07) is 11.8. The summed E-state index contributed by atoms with van der Waals surface area (Å²) in [4.78, 5) is 17.7. The third-order valence-electron chi connectivity index (χ3n) is 9.14. The van der Waals surface area contributed by atoms with Gasteiger partial charge in [-0.3, -0.25) is 9.69 Å². The summed E-state index contributed by atoms with van der Waals surface area (Å²) in [5.74, 6) is 2.01. The number of likely N-dealkylation sites (N-methyl/N-ethyl adjacent to an activating group) is 1. The number of nitrogens with zero attached hydrogens (tertiary/aromatic N) is 2. The summed E-state index contributed by atoms with van der Waals surface area (Å²) in [5, 5.41) is 11.1. The lowest BCUT2D eigenvalue weighted by molar-refractivity contribution is -0.135. The first-order valence-electron chi connectivity index (χ1n) is 12.9. The Balaban J connectivity index is 1.40. The number of phenolic OH excluding ortho intramolecular Hbond substituents is 1. The number of aromatic hydroxyl groups is 1. The van der Waals surface area contributed by atoms with Gasteiger partial charge in [0.1, 0.15) is 11.9 Å². The van der Waals surface area contributed by atoms with E-state index in [-0.39, 0.29) is 29.2 Å². The topological polar surface area (TPSA) is 62.2 Å². The maximum Gasteiger partial charge on any atom is 0.246 e. The predicted octanol–water partition coefficient (Wildman–Crippen LogP) is 4.17. The molecule has 2 fully saturated rings. The first-order chi connectivity index (χ1) is 17.5. The normalized spacial score (nSPS) is 29.9. The number of carbonyl (C=O) groups is 1. The molecule has 36 heavy (non-hydrogen) atoms. The average Bonchev–Trinajstić information content (AvgIpc) is 3.24. The quantitative estimate of drug-likeness (QED) is 0.491. The zero-order valence-corrected chi connectivity index (χ0v) is 21.0. The van der Waals surface area contributed by atoms with Crippen LogP contribution in [0.25, 0.3) is 6.08 Å². The van der Waals surface area contributed by atoms with Gasteiger partial charge in [0.05, 0.1) is 13.2 Å². The molecule has 0 aromatic heterocycles. The van der Waals surface area contributed by atoms with Crippen molar-refractivity contribution in [3.05, 3.63) is 71.8 Å². The van der Waals surface area contributed by atoms with Crippen LogP contribution in [0.3, 0.4) is 0 Å². The molecule has 6 nitrogen and oxygen atoms in total. The number of phenols is 1. The van der Waals surface area contributed by atoms with Crippen molar-refractivity contribution in [2.45, 2.75) is 49.3 Å². The third kappa shape index (κ3) is 3.23. The minimum Gasteiger partial charge on any atom is -0.508 e. The van der Waals surface area contributed by atoms with Crippen LogP contribution in [0.2, 0.25) is 0 Å². The lowest BCUT2D eigenvalue weighted by Gasteiger charge is -2.60. The van der Waals surface area contributed by atoms with Gasteiger partial charge in [-0.2, -0.15) is 0 Å². The van der Waals surface area contributed by atoms with E-state index in [0.29, 0.717) is 17.7 Å². The van der Waals surface area contributed by atoms with Gasteiger partial charge in [0, 0.05) is 48.3 Å². The van der Waals surface area contributed by atoms with E-state index in [1.54, 1.807) is 19.3 Å². The first-order valence-corrected chi connectivity index (χ1v) is 12.9. The van der Waals surface area contributed by atoms with E-state index in [1.807, 2.05) is 54.4 Å². The molecule has 2 bridgehead atoms. The molecule has 0 unspecified atom stereocenters. The number of likely N-dealkylation sites (tertiary alicyclic amines) is 1. The molecule has 2 aliphatic heterocycles. The Hall–Kier alpha value is -3.25. The Morgan fingerprint density at radius 2 is 2.14 bits per heavy atom. The maximum absolute atomic E-state index is 13.3. The lowest BCUT2D eigenvalue weighted by atomic mass is 9.51. The molecule has 6 rings (SSSR count). The van der Waals surface area contributed by atoms with E-state index in [9.17, 15) is 9.90 Å². The molecular formula is C30H34N2O4. The Morgan fingerprint density at radius 1 is 1.33 bits per heavy atom. The molecule has 1 spiro atoms. The number of benzene rings is 2. The van der Waals surface area contributed by atoms with Crippen molar-refractivity contribution in [1.82, 2.24) is 9.80 Å². The van der Waals surface area contributed by atoms with Gasteiger partial charge in [-0.1, -0.05) is 36.4 Å². The fourth-order valence-corrected chi connectivity index (χ4v) is 7.60. The van der Waals surface area contributed by atoms with Gasteiger partial charge in [0.2, 0.25) is 5.91 Å². The van der Waals surface area contributed by atoms with Crippen molar-refractivity contribution < 1.29 is 19.4 Å². The van der Waals surface area contributed by atoms with E-state index in [1.165, 1.54) is 0 Å². The number of rotatable bonds is 6. The maximum atomic E-state index is 13.3. The number of piperidine rings is 1. The zero-order chi connectivity index (χ0) is 25.0. The molecule has 6 heteroatoms. The fourth-order valence-electron chi connectivity index (χ4n) is 7.60. The molecule has 0 radical (unpaired) electrons. The Labute approximate surface area is 212 Å². The predicted molar refractivity (Wildman–Crippen MR) is 139 cm³/mol. The van der Waals surface area contributed by atoms with Crippen molar-refractivity contribution in [3.63, 3.8) is 0 Å². The molecule has 5 atom stereocenters. The number of methoxy groups -OCH3 is 1. The van der Waals surface area contributed by atoms with Crippen LogP contribution in [0.1, 0.15) is 36.0 Å². The smallest absolute Gasteiger partial charge is 0.246 e. The molecule has 4 aliphatic rings. The molecular weight excluding hydrogens is 452 g/mol. The van der Waals surface area contributed by atoms with Crippen LogP contribution in [0, 0.1) is 5.92 Å². The van der Waals surface area contributed by atoms with Crippen LogP contribution in [-0.4, -0.2) is 66.2 Å². The lowest BCUT2D eigenvalue weighted by Crippen LogP contribution is -2.68. The number of amides is 1. The second kappa shape index (κ2) is 8.70. The van der Waals surface area contributed by atoms with Crippen LogP contribution < -0.4 is 9.47 Å². The summed E-state index contributed by atoms with van der Waals surface area (Å²) in [6.45, 7) is 5.77. The van der Waals surface area contributed by atoms with E-state index in [0.717, 1.165) is 61.2 Å². The van der Waals surface area contributed by atoms with E-state index < -0.39 is 0 Å². The summed E-state index contributed by atoms with van der Waals surface area (Å²) < 4.78 is 12.5. The highest BCUT2D eigenvalue weighted by atomic mass is 16.5. The number of hydrogen-bond acceptors (Lipinski definition) is 5. The average molecular weight is 487 g/mol. The highest BCUT2D eigenvalue weighted by Crippen LogP contribution is 2.65. The monoisotopic (exact) mass is 486 g/mol. The second-order valence-electron chi connectivity index (χ2n) is 10.6. The standard InChI is InChI=1S/C30H34N2O4/c1-4-15-32-16-14-30-21-11-12-22(31(2)26(34)13-10-19-8-6-5-7-9-19)29(30)36-28-25(35-3)18-24(33)20(27(28)30)17-23(21)32/h4-10,13,18,21-23,29,33H,1,11-12,14-17H2,2-3H3/t21-,22+,23+,29-,30-/m0/s1. The molecule has 1 saturated heterocycles. The van der Waals surface area contributed by atoms with Crippen molar-refractivity contribution in [3.8, 4) is 17.2 Å². The van der Waals surface area contributed by atoms with E-state index in [2.05, 4.69) is 11.5 Å². The van der Waals surface area contributed by atoms with Crippen molar-refractivity contribution in [2.75, 3.05) is 27.2 Å². The van der Waals surface area contributed by atoms with E-state index >= 15 is 0 Å². The highest BCUT2D eigenvalue weighted by molar-refractivity contribution is 5.92. The highest BCUT2D eigenvalue weighted by Gasteiger charge is 2.66. The summed E-state index contributed by atoms with van der Waals surface area (Å²) >= 11 is 0. The van der Waals surface area contributed by atoms with Gasteiger partial charge in [-0.15, -0.1) is 6.58 Å². The summed E-state index contributed by atoms with van der Waals surface area (Å²) in [7, 11) is 3.52. The SMILES string of the molecule is C=CCN1CC[C@]23c4c5c(O)cc(OC)c4O[C@H]2[C@H](N(C)C(=O)C=Cc2ccccc2)CC[C@H]3[C@H]1C5. The van der Waals surface area contributed by atoms with Crippen LogP contribution >= 0.6 is 0 Å². The van der Waals surface area contributed by atoms with Crippen LogP contribution in [0.4, 0.5) is 0 Å². The van der Waals surface area contributed by atoms with Gasteiger partial charge in [-0.25, -0.2) is 0 Å². The van der Waals surface area contributed by atoms with Gasteiger partial charge in [-0.05, 0) is 49.8 Å². The van der Waals surface area contributed by atoms with Gasteiger partial charge in [0.15, 0.2) is 11.5 Å². The number of ether oxygens (including phenoxy) is 2. The van der Waals surface area contributed by atoms with Crippen molar-refractivity contribution in [1.29, 1.82) is 0 Å².